The Morgan fingerprint density at radius 1 is 1.10 bits per heavy atom. The maximum atomic E-state index is 14.2. The summed E-state index contributed by atoms with van der Waals surface area (Å²) in [5, 5.41) is 0. The molecule has 112 valence electrons. The van der Waals surface area contributed by atoms with Gasteiger partial charge in [-0.25, -0.2) is 9.82 Å². The van der Waals surface area contributed by atoms with Crippen LogP contribution in [0, 0.1) is 12.7 Å². The summed E-state index contributed by atoms with van der Waals surface area (Å²) >= 11 is 0. The van der Waals surface area contributed by atoms with Crippen molar-refractivity contribution in [1.82, 2.24) is 5.43 Å². The van der Waals surface area contributed by atoms with Crippen LogP contribution in [0.15, 0.2) is 36.4 Å². The number of aryl methyl sites for hydroxylation is 1. The smallest absolute Gasteiger partial charge is 0.132 e. The van der Waals surface area contributed by atoms with E-state index in [4.69, 9.17) is 15.3 Å². The normalized spacial score (nSPS) is 12.0. The Hall–Kier alpha value is -2.11. The summed E-state index contributed by atoms with van der Waals surface area (Å²) in [6.07, 6.45) is 0. The first-order valence-electron chi connectivity index (χ1n) is 6.54. The number of halogens is 1. The molecular weight excluding hydrogens is 271 g/mol. The lowest BCUT2D eigenvalue weighted by Gasteiger charge is -2.19. The topological polar surface area (TPSA) is 56.5 Å². The van der Waals surface area contributed by atoms with E-state index in [1.807, 2.05) is 25.1 Å². The van der Waals surface area contributed by atoms with Crippen LogP contribution in [-0.4, -0.2) is 14.2 Å². The Morgan fingerprint density at radius 3 is 2.43 bits per heavy atom. The largest absolute Gasteiger partial charge is 0.497 e. The predicted molar refractivity (Wildman–Crippen MR) is 79.8 cm³/mol. The molecule has 0 bridgehead atoms. The average Bonchev–Trinajstić information content (AvgIpc) is 2.50. The van der Waals surface area contributed by atoms with Crippen LogP contribution in [0.25, 0.3) is 0 Å². The molecule has 21 heavy (non-hydrogen) atoms. The average molecular weight is 290 g/mol. The second-order valence-corrected chi connectivity index (χ2v) is 4.72. The fraction of sp³-hybridized carbons (Fsp3) is 0.250. The molecule has 2 rings (SSSR count). The van der Waals surface area contributed by atoms with E-state index in [2.05, 4.69) is 5.43 Å². The zero-order valence-electron chi connectivity index (χ0n) is 12.3. The van der Waals surface area contributed by atoms with E-state index in [-0.39, 0.29) is 5.82 Å². The molecule has 1 unspecified atom stereocenters. The summed E-state index contributed by atoms with van der Waals surface area (Å²) in [7, 11) is 3.10. The van der Waals surface area contributed by atoms with Gasteiger partial charge in [-0.1, -0.05) is 18.2 Å². The van der Waals surface area contributed by atoms with Crippen LogP contribution < -0.4 is 20.7 Å². The minimum atomic E-state index is -0.467. The highest BCUT2D eigenvalue weighted by Crippen LogP contribution is 2.29. The minimum absolute atomic E-state index is 0.378. The lowest BCUT2D eigenvalue weighted by molar-refractivity contribution is 0.408. The maximum absolute atomic E-state index is 14.2. The second-order valence-electron chi connectivity index (χ2n) is 4.72. The highest BCUT2D eigenvalue weighted by molar-refractivity contribution is 5.42. The first-order chi connectivity index (χ1) is 10.1. The van der Waals surface area contributed by atoms with Crippen molar-refractivity contribution in [3.63, 3.8) is 0 Å². The van der Waals surface area contributed by atoms with E-state index in [1.54, 1.807) is 19.2 Å². The molecule has 0 saturated carbocycles. The first kappa shape index (κ1) is 15.3. The van der Waals surface area contributed by atoms with Gasteiger partial charge in [-0.2, -0.15) is 0 Å². The van der Waals surface area contributed by atoms with Crippen molar-refractivity contribution in [2.45, 2.75) is 13.0 Å². The summed E-state index contributed by atoms with van der Waals surface area (Å²) in [5.74, 6) is 6.44. The molecule has 0 aliphatic carbocycles. The van der Waals surface area contributed by atoms with Crippen LogP contribution in [0.5, 0.6) is 11.5 Å². The summed E-state index contributed by atoms with van der Waals surface area (Å²) in [5.41, 5.74) is 4.93. The van der Waals surface area contributed by atoms with Crippen molar-refractivity contribution in [2.75, 3.05) is 14.2 Å². The van der Waals surface area contributed by atoms with Crippen LogP contribution in [0.1, 0.15) is 22.7 Å². The number of rotatable bonds is 5. The van der Waals surface area contributed by atoms with E-state index in [0.717, 1.165) is 16.9 Å². The molecule has 5 heteroatoms. The molecule has 0 spiro atoms. The standard InChI is InChI=1S/C16H19FN2O2/c1-10-4-5-11(8-15(10)21-3)16(19-18)13-7-6-12(20-2)9-14(13)17/h4-9,16,19H,18H2,1-3H3. The van der Waals surface area contributed by atoms with Crippen molar-refractivity contribution >= 4 is 0 Å². The zero-order chi connectivity index (χ0) is 15.4. The third kappa shape index (κ3) is 3.15. The molecule has 0 heterocycles. The predicted octanol–water partition coefficient (Wildman–Crippen LogP) is 2.70. The number of hydrogen-bond acceptors (Lipinski definition) is 4. The Morgan fingerprint density at radius 2 is 1.86 bits per heavy atom. The van der Waals surface area contributed by atoms with Gasteiger partial charge in [-0.05, 0) is 30.2 Å². The van der Waals surface area contributed by atoms with Gasteiger partial charge in [0, 0.05) is 11.6 Å². The number of methoxy groups -OCH3 is 2. The number of hydrazine groups is 1. The monoisotopic (exact) mass is 290 g/mol. The van der Waals surface area contributed by atoms with E-state index in [1.165, 1.54) is 13.2 Å². The van der Waals surface area contributed by atoms with E-state index < -0.39 is 6.04 Å². The Bertz CT molecular complexity index is 632. The third-order valence-corrected chi connectivity index (χ3v) is 3.45. The first-order valence-corrected chi connectivity index (χ1v) is 6.54. The number of nitrogens with two attached hydrogens (primary N) is 1. The zero-order valence-corrected chi connectivity index (χ0v) is 12.3. The molecule has 0 radical (unpaired) electrons. The molecule has 2 aromatic carbocycles. The van der Waals surface area contributed by atoms with Crippen LogP contribution in [0.4, 0.5) is 4.39 Å². The van der Waals surface area contributed by atoms with Gasteiger partial charge < -0.3 is 9.47 Å². The molecule has 0 aromatic heterocycles. The van der Waals surface area contributed by atoms with E-state index in [0.29, 0.717) is 11.3 Å². The van der Waals surface area contributed by atoms with Gasteiger partial charge in [-0.15, -0.1) is 0 Å². The number of benzene rings is 2. The van der Waals surface area contributed by atoms with Crippen molar-refractivity contribution in [3.05, 3.63) is 58.9 Å². The molecule has 0 fully saturated rings. The quantitative estimate of drug-likeness (QED) is 0.656. The molecule has 0 amide bonds. The molecule has 4 nitrogen and oxygen atoms in total. The fourth-order valence-electron chi connectivity index (χ4n) is 2.25. The van der Waals surface area contributed by atoms with E-state index in [9.17, 15) is 4.39 Å². The van der Waals surface area contributed by atoms with Gasteiger partial charge >= 0.3 is 0 Å². The highest BCUT2D eigenvalue weighted by Gasteiger charge is 2.18. The van der Waals surface area contributed by atoms with Crippen LogP contribution >= 0.6 is 0 Å². The molecule has 1 atom stereocenters. The van der Waals surface area contributed by atoms with Gasteiger partial charge in [-0.3, -0.25) is 5.84 Å². The number of ether oxygens (including phenoxy) is 2. The fourth-order valence-corrected chi connectivity index (χ4v) is 2.25. The summed E-state index contributed by atoms with van der Waals surface area (Å²) < 4.78 is 24.5. The summed E-state index contributed by atoms with van der Waals surface area (Å²) in [4.78, 5) is 0. The van der Waals surface area contributed by atoms with Gasteiger partial charge in [0.05, 0.1) is 20.3 Å². The summed E-state index contributed by atoms with van der Waals surface area (Å²) in [6, 6.07) is 9.89. The van der Waals surface area contributed by atoms with Crippen LogP contribution in [-0.2, 0) is 0 Å². The lowest BCUT2D eigenvalue weighted by Crippen LogP contribution is -2.29. The lowest BCUT2D eigenvalue weighted by atomic mass is 9.97. The second kappa shape index (κ2) is 6.56. The molecule has 0 aliphatic heterocycles. The molecular formula is C16H19FN2O2. The Kier molecular flexibility index (Phi) is 4.77. The molecule has 0 saturated heterocycles. The van der Waals surface area contributed by atoms with Gasteiger partial charge in [0.25, 0.3) is 0 Å². The summed E-state index contributed by atoms with van der Waals surface area (Å²) in [6.45, 7) is 1.95. The Labute approximate surface area is 123 Å². The number of hydrogen-bond donors (Lipinski definition) is 2. The molecule has 0 aliphatic rings. The minimum Gasteiger partial charge on any atom is -0.497 e. The van der Waals surface area contributed by atoms with Crippen molar-refractivity contribution < 1.29 is 13.9 Å². The van der Waals surface area contributed by atoms with Gasteiger partial charge in [0.1, 0.15) is 17.3 Å². The van der Waals surface area contributed by atoms with Gasteiger partial charge in [0.2, 0.25) is 0 Å². The van der Waals surface area contributed by atoms with E-state index >= 15 is 0 Å². The third-order valence-electron chi connectivity index (χ3n) is 3.45. The maximum Gasteiger partial charge on any atom is 0.132 e. The van der Waals surface area contributed by atoms with Crippen LogP contribution in [0.3, 0.4) is 0 Å². The highest BCUT2D eigenvalue weighted by atomic mass is 19.1. The number of nitrogens with one attached hydrogen (secondary N) is 1. The Balaban J connectivity index is 2.44. The SMILES string of the molecule is COc1ccc(C(NN)c2ccc(C)c(OC)c2)c(F)c1. The van der Waals surface area contributed by atoms with Crippen molar-refractivity contribution in [1.29, 1.82) is 0 Å². The van der Waals surface area contributed by atoms with Crippen LogP contribution in [0.2, 0.25) is 0 Å². The molecule has 2 aromatic rings. The van der Waals surface area contributed by atoms with Gasteiger partial charge in [0.15, 0.2) is 0 Å². The molecule has 3 N–H and O–H groups in total. The van der Waals surface area contributed by atoms with Crippen molar-refractivity contribution in [2.24, 2.45) is 5.84 Å². The van der Waals surface area contributed by atoms with Crippen molar-refractivity contribution in [3.8, 4) is 11.5 Å².